The Balaban J connectivity index is 0.000000806. The Hall–Kier alpha value is -3.21. The lowest BCUT2D eigenvalue weighted by molar-refractivity contribution is -0.137. The van der Waals surface area contributed by atoms with Gasteiger partial charge in [-0.2, -0.15) is 5.10 Å². The summed E-state index contributed by atoms with van der Waals surface area (Å²) >= 11 is 0. The standard InChI is InChI=1S/C18H23N5O4.CH2O2/c1-10-5-13-9-22(3-4-23(13)20-10)18(26)12-7-14(16(24)8-12)19-17(25)15-6-11(2)27-21-15;2-1-3/h5-6,12,14,16,24H,3-4,7-9H2,1-2H3,(H,19,25);1H,(H,2,3)/t12-,14+,16+;/m0./s1. The molecule has 1 saturated carbocycles. The molecule has 162 valence electrons. The molecule has 3 atom stereocenters. The van der Waals surface area contributed by atoms with Gasteiger partial charge in [0.1, 0.15) is 5.76 Å². The zero-order valence-electron chi connectivity index (χ0n) is 16.8. The van der Waals surface area contributed by atoms with E-state index in [1.807, 2.05) is 22.6 Å². The number of hydrogen-bond donors (Lipinski definition) is 3. The van der Waals surface area contributed by atoms with Crippen LogP contribution in [-0.4, -0.2) is 67.0 Å². The molecule has 11 nitrogen and oxygen atoms in total. The Morgan fingerprint density at radius 1 is 1.27 bits per heavy atom. The molecule has 0 saturated heterocycles. The summed E-state index contributed by atoms with van der Waals surface area (Å²) in [6, 6.07) is 3.06. The lowest BCUT2D eigenvalue weighted by Crippen LogP contribution is -2.42. The van der Waals surface area contributed by atoms with Gasteiger partial charge in [-0.25, -0.2) is 0 Å². The number of aliphatic hydroxyl groups is 1. The lowest BCUT2D eigenvalue weighted by atomic mass is 10.1. The number of amides is 2. The Morgan fingerprint density at radius 3 is 2.67 bits per heavy atom. The van der Waals surface area contributed by atoms with E-state index in [0.717, 1.165) is 11.4 Å². The van der Waals surface area contributed by atoms with Crippen molar-refractivity contribution in [1.82, 2.24) is 25.2 Å². The van der Waals surface area contributed by atoms with Crippen molar-refractivity contribution in [3.8, 4) is 0 Å². The highest BCUT2D eigenvalue weighted by Crippen LogP contribution is 2.29. The molecule has 11 heteroatoms. The summed E-state index contributed by atoms with van der Waals surface area (Å²) in [5.74, 6) is -0.144. The topological polar surface area (TPSA) is 151 Å². The van der Waals surface area contributed by atoms with Gasteiger partial charge in [0, 0.05) is 18.5 Å². The first-order valence-electron chi connectivity index (χ1n) is 9.64. The van der Waals surface area contributed by atoms with E-state index in [-0.39, 0.29) is 24.0 Å². The Kier molecular flexibility index (Phi) is 6.50. The molecule has 1 aliphatic carbocycles. The fourth-order valence-electron chi connectivity index (χ4n) is 3.94. The van der Waals surface area contributed by atoms with Crippen LogP contribution in [0.25, 0.3) is 0 Å². The summed E-state index contributed by atoms with van der Waals surface area (Å²) in [4.78, 5) is 35.3. The summed E-state index contributed by atoms with van der Waals surface area (Å²) < 4.78 is 6.84. The summed E-state index contributed by atoms with van der Waals surface area (Å²) in [6.07, 6.45) is 0.00166. The zero-order chi connectivity index (χ0) is 21.8. The highest BCUT2D eigenvalue weighted by Gasteiger charge is 2.40. The minimum Gasteiger partial charge on any atom is -0.483 e. The Morgan fingerprint density at radius 2 is 2.00 bits per heavy atom. The second-order valence-electron chi connectivity index (χ2n) is 7.50. The van der Waals surface area contributed by atoms with Crippen LogP contribution in [0.2, 0.25) is 0 Å². The van der Waals surface area contributed by atoms with Crippen LogP contribution < -0.4 is 5.32 Å². The number of rotatable bonds is 3. The van der Waals surface area contributed by atoms with Gasteiger partial charge < -0.3 is 25.0 Å². The van der Waals surface area contributed by atoms with Crippen LogP contribution in [0.1, 0.15) is 40.5 Å². The normalized spacial score (nSPS) is 22.6. The number of fused-ring (bicyclic) bond motifs is 1. The first-order chi connectivity index (χ1) is 14.3. The molecule has 0 spiro atoms. The van der Waals surface area contributed by atoms with E-state index in [4.69, 9.17) is 14.4 Å². The fraction of sp³-hybridized carbons (Fsp3) is 0.526. The molecule has 1 fully saturated rings. The first-order valence-corrected chi connectivity index (χ1v) is 9.64. The van der Waals surface area contributed by atoms with Gasteiger partial charge in [0.15, 0.2) is 5.69 Å². The number of aromatic nitrogens is 3. The average Bonchev–Trinajstić information content (AvgIpc) is 3.39. The molecule has 1 aliphatic heterocycles. The van der Waals surface area contributed by atoms with Crippen molar-refractivity contribution in [2.75, 3.05) is 6.54 Å². The number of aryl methyl sites for hydroxylation is 2. The average molecular weight is 419 g/mol. The number of nitrogens with one attached hydrogen (secondary N) is 1. The number of carboxylic acid groups (broad SMARTS) is 1. The van der Waals surface area contributed by atoms with Gasteiger partial charge in [-0.15, -0.1) is 0 Å². The van der Waals surface area contributed by atoms with Crippen molar-refractivity contribution in [3.05, 3.63) is 35.0 Å². The van der Waals surface area contributed by atoms with Crippen molar-refractivity contribution < 1.29 is 29.1 Å². The van der Waals surface area contributed by atoms with Crippen LogP contribution in [0.15, 0.2) is 16.7 Å². The lowest BCUT2D eigenvalue weighted by Gasteiger charge is -2.29. The predicted molar refractivity (Wildman–Crippen MR) is 102 cm³/mol. The molecule has 30 heavy (non-hydrogen) atoms. The van der Waals surface area contributed by atoms with E-state index in [1.165, 1.54) is 6.07 Å². The highest BCUT2D eigenvalue weighted by atomic mass is 16.5. The quantitative estimate of drug-likeness (QED) is 0.593. The maximum Gasteiger partial charge on any atom is 0.290 e. The van der Waals surface area contributed by atoms with Crippen LogP contribution >= 0.6 is 0 Å². The molecule has 3 heterocycles. The van der Waals surface area contributed by atoms with Gasteiger partial charge >= 0.3 is 0 Å². The summed E-state index contributed by atoms with van der Waals surface area (Å²) in [6.45, 7) is 5.20. The molecule has 2 amide bonds. The Labute approximate surface area is 172 Å². The van der Waals surface area contributed by atoms with Gasteiger partial charge in [-0.05, 0) is 32.8 Å². The third kappa shape index (κ3) is 4.67. The first kappa shape index (κ1) is 21.5. The molecule has 4 rings (SSSR count). The fourth-order valence-corrected chi connectivity index (χ4v) is 3.94. The molecule has 3 N–H and O–H groups in total. The third-order valence-corrected chi connectivity index (χ3v) is 5.29. The summed E-state index contributed by atoms with van der Waals surface area (Å²) in [5, 5.41) is 28.1. The second-order valence-corrected chi connectivity index (χ2v) is 7.50. The number of carbonyl (C=O) groups is 3. The minimum atomic E-state index is -0.756. The zero-order valence-corrected chi connectivity index (χ0v) is 16.8. The minimum absolute atomic E-state index is 0.0215. The second kappa shape index (κ2) is 9.08. The highest BCUT2D eigenvalue weighted by molar-refractivity contribution is 5.92. The molecule has 2 aromatic heterocycles. The summed E-state index contributed by atoms with van der Waals surface area (Å²) in [7, 11) is 0. The van der Waals surface area contributed by atoms with Crippen molar-refractivity contribution in [1.29, 1.82) is 0 Å². The van der Waals surface area contributed by atoms with E-state index in [9.17, 15) is 14.7 Å². The van der Waals surface area contributed by atoms with Crippen LogP contribution in [0.5, 0.6) is 0 Å². The molecule has 0 bridgehead atoms. The van der Waals surface area contributed by atoms with Crippen molar-refractivity contribution in [2.24, 2.45) is 5.92 Å². The number of aliphatic hydroxyl groups excluding tert-OH is 1. The number of nitrogens with zero attached hydrogens (tertiary/aromatic N) is 4. The SMILES string of the molecule is Cc1cc2n(n1)CCN(C(=O)[C@@H]1C[C@@H](O)[C@H](NC(=O)c3cc(C)on3)C1)C2.O=CO. The van der Waals surface area contributed by atoms with E-state index < -0.39 is 18.1 Å². The van der Waals surface area contributed by atoms with Gasteiger partial charge in [0.05, 0.1) is 36.6 Å². The molecule has 2 aliphatic rings. The van der Waals surface area contributed by atoms with Gasteiger partial charge in [0.25, 0.3) is 12.4 Å². The van der Waals surface area contributed by atoms with Crippen molar-refractivity contribution in [2.45, 2.75) is 51.9 Å². The molecule has 0 radical (unpaired) electrons. The Bertz CT molecular complexity index is 922. The maximum absolute atomic E-state index is 12.9. The largest absolute Gasteiger partial charge is 0.483 e. The smallest absolute Gasteiger partial charge is 0.290 e. The van der Waals surface area contributed by atoms with E-state index in [0.29, 0.717) is 38.2 Å². The van der Waals surface area contributed by atoms with Gasteiger partial charge in [-0.3, -0.25) is 19.1 Å². The van der Waals surface area contributed by atoms with Crippen LogP contribution in [-0.2, 0) is 22.7 Å². The summed E-state index contributed by atoms with van der Waals surface area (Å²) in [5.41, 5.74) is 2.15. The van der Waals surface area contributed by atoms with Crippen molar-refractivity contribution in [3.63, 3.8) is 0 Å². The van der Waals surface area contributed by atoms with Crippen molar-refractivity contribution >= 4 is 18.3 Å². The van der Waals surface area contributed by atoms with Gasteiger partial charge in [-0.1, -0.05) is 5.16 Å². The van der Waals surface area contributed by atoms with E-state index in [1.54, 1.807) is 6.92 Å². The molecule has 2 aromatic rings. The van der Waals surface area contributed by atoms with E-state index in [2.05, 4.69) is 15.6 Å². The monoisotopic (exact) mass is 419 g/mol. The molecule has 0 aromatic carbocycles. The number of carbonyl (C=O) groups excluding carboxylic acids is 2. The van der Waals surface area contributed by atoms with Crippen LogP contribution in [0.4, 0.5) is 0 Å². The predicted octanol–water partition coefficient (Wildman–Crippen LogP) is 0.100. The van der Waals surface area contributed by atoms with Crippen LogP contribution in [0, 0.1) is 19.8 Å². The van der Waals surface area contributed by atoms with E-state index >= 15 is 0 Å². The molecular formula is C19H25N5O6. The number of hydrogen-bond acceptors (Lipinski definition) is 7. The molecular weight excluding hydrogens is 394 g/mol. The maximum atomic E-state index is 12.9. The van der Waals surface area contributed by atoms with Crippen LogP contribution in [0.3, 0.4) is 0 Å². The van der Waals surface area contributed by atoms with Gasteiger partial charge in [0.2, 0.25) is 5.91 Å². The third-order valence-electron chi connectivity index (χ3n) is 5.29. The molecule has 0 unspecified atom stereocenters.